The van der Waals surface area contributed by atoms with Gasteiger partial charge in [0.15, 0.2) is 0 Å². The molecular formula is C10H20N2O2. The summed E-state index contributed by atoms with van der Waals surface area (Å²) in [4.78, 5) is 13.5. The first-order valence-electron chi connectivity index (χ1n) is 5.19. The van der Waals surface area contributed by atoms with Gasteiger partial charge < -0.3 is 15.0 Å². The maximum atomic E-state index is 11.6. The fourth-order valence-electron chi connectivity index (χ4n) is 1.93. The van der Waals surface area contributed by atoms with Gasteiger partial charge in [-0.1, -0.05) is 0 Å². The fourth-order valence-corrected chi connectivity index (χ4v) is 1.93. The van der Waals surface area contributed by atoms with E-state index in [0.717, 1.165) is 26.1 Å². The number of rotatable bonds is 4. The summed E-state index contributed by atoms with van der Waals surface area (Å²) in [6, 6.07) is 0. The molecule has 0 bridgehead atoms. The van der Waals surface area contributed by atoms with Crippen LogP contribution < -0.4 is 5.32 Å². The first kappa shape index (κ1) is 11.5. The lowest BCUT2D eigenvalue weighted by molar-refractivity contribution is -0.132. The van der Waals surface area contributed by atoms with Gasteiger partial charge in [0.1, 0.15) is 0 Å². The smallest absolute Gasteiger partial charge is 0.236 e. The highest BCUT2D eigenvalue weighted by molar-refractivity contribution is 5.78. The first-order valence-corrected chi connectivity index (χ1v) is 5.19. The zero-order chi connectivity index (χ0) is 10.4. The normalized spacial score (nSPS) is 22.4. The number of hydrogen-bond acceptors (Lipinski definition) is 3. The van der Waals surface area contributed by atoms with Crippen LogP contribution in [0, 0.1) is 5.92 Å². The molecule has 82 valence electrons. The van der Waals surface area contributed by atoms with Crippen molar-refractivity contribution in [3.8, 4) is 0 Å². The predicted octanol–water partition coefficient (Wildman–Crippen LogP) is 0.0908. The molecule has 0 spiro atoms. The third-order valence-corrected chi connectivity index (χ3v) is 2.60. The fraction of sp³-hybridized carbons (Fsp3) is 0.900. The second-order valence-electron chi connectivity index (χ2n) is 3.83. The number of nitrogens with one attached hydrogen (secondary N) is 1. The molecule has 4 nitrogen and oxygen atoms in total. The van der Waals surface area contributed by atoms with Crippen LogP contribution in [-0.4, -0.2) is 51.2 Å². The lowest BCUT2D eigenvalue weighted by Crippen LogP contribution is -2.44. The molecule has 0 unspecified atom stereocenters. The van der Waals surface area contributed by atoms with Crippen LogP contribution >= 0.6 is 0 Å². The number of likely N-dealkylation sites (N-methyl/N-ethyl adjacent to an activating group) is 1. The average Bonchev–Trinajstić information content (AvgIpc) is 2.19. The number of carbonyl (C=O) groups is 1. The highest BCUT2D eigenvalue weighted by atomic mass is 16.5. The lowest BCUT2D eigenvalue weighted by atomic mass is 9.99. The molecule has 0 aromatic carbocycles. The van der Waals surface area contributed by atoms with Crippen molar-refractivity contribution in [1.82, 2.24) is 10.2 Å². The highest BCUT2D eigenvalue weighted by Crippen LogP contribution is 2.16. The maximum Gasteiger partial charge on any atom is 0.236 e. The second kappa shape index (κ2) is 5.98. The van der Waals surface area contributed by atoms with Gasteiger partial charge in [0, 0.05) is 20.2 Å². The number of likely N-dealkylation sites (tertiary alicyclic amines) is 1. The molecule has 0 saturated carbocycles. The van der Waals surface area contributed by atoms with Crippen molar-refractivity contribution in [2.24, 2.45) is 5.92 Å². The zero-order valence-corrected chi connectivity index (χ0v) is 9.08. The molecule has 0 radical (unpaired) electrons. The molecule has 1 fully saturated rings. The topological polar surface area (TPSA) is 41.6 Å². The Hall–Kier alpha value is -0.610. The van der Waals surface area contributed by atoms with Crippen molar-refractivity contribution < 1.29 is 9.53 Å². The van der Waals surface area contributed by atoms with Crippen LogP contribution in [0.25, 0.3) is 0 Å². The Bertz CT molecular complexity index is 183. The van der Waals surface area contributed by atoms with Gasteiger partial charge in [-0.25, -0.2) is 0 Å². The summed E-state index contributed by atoms with van der Waals surface area (Å²) in [5, 5.41) is 2.89. The maximum absolute atomic E-state index is 11.6. The van der Waals surface area contributed by atoms with E-state index in [2.05, 4.69) is 5.32 Å². The van der Waals surface area contributed by atoms with Gasteiger partial charge in [0.2, 0.25) is 5.91 Å². The van der Waals surface area contributed by atoms with Gasteiger partial charge in [0.25, 0.3) is 0 Å². The van der Waals surface area contributed by atoms with Crippen LogP contribution in [0.5, 0.6) is 0 Å². The second-order valence-corrected chi connectivity index (χ2v) is 3.83. The quantitative estimate of drug-likeness (QED) is 0.699. The van der Waals surface area contributed by atoms with E-state index in [-0.39, 0.29) is 5.91 Å². The van der Waals surface area contributed by atoms with Crippen LogP contribution in [0.15, 0.2) is 0 Å². The summed E-state index contributed by atoms with van der Waals surface area (Å²) in [6.07, 6.45) is 2.28. The molecule has 1 heterocycles. The van der Waals surface area contributed by atoms with E-state index in [1.54, 1.807) is 14.2 Å². The van der Waals surface area contributed by atoms with E-state index in [4.69, 9.17) is 4.74 Å². The molecule has 1 N–H and O–H groups in total. The van der Waals surface area contributed by atoms with Crippen molar-refractivity contribution in [2.45, 2.75) is 12.8 Å². The van der Waals surface area contributed by atoms with Crippen LogP contribution in [0.2, 0.25) is 0 Å². The van der Waals surface area contributed by atoms with Crippen molar-refractivity contribution in [3.05, 3.63) is 0 Å². The summed E-state index contributed by atoms with van der Waals surface area (Å²) in [6.45, 7) is 2.97. The van der Waals surface area contributed by atoms with Gasteiger partial charge in [0.05, 0.1) is 13.2 Å². The van der Waals surface area contributed by atoms with E-state index in [1.807, 2.05) is 4.90 Å². The monoisotopic (exact) mass is 200 g/mol. The molecule has 4 heteroatoms. The van der Waals surface area contributed by atoms with Crippen molar-refractivity contribution >= 4 is 5.91 Å². The standard InChI is InChI=1S/C10H20N2O2/c1-11-6-10(13)12-5-3-4-9(7-12)8-14-2/h9,11H,3-8H2,1-2H3/t9-/m0/s1. The van der Waals surface area contributed by atoms with Crippen molar-refractivity contribution in [1.29, 1.82) is 0 Å². The number of piperidine rings is 1. The largest absolute Gasteiger partial charge is 0.384 e. The summed E-state index contributed by atoms with van der Waals surface area (Å²) in [5.41, 5.74) is 0. The number of amides is 1. The van der Waals surface area contributed by atoms with Gasteiger partial charge >= 0.3 is 0 Å². The zero-order valence-electron chi connectivity index (χ0n) is 9.08. The molecule has 0 aliphatic carbocycles. The van der Waals surface area contributed by atoms with Crippen LogP contribution in [-0.2, 0) is 9.53 Å². The molecule has 0 aromatic rings. The Morgan fingerprint density at radius 1 is 1.64 bits per heavy atom. The Morgan fingerprint density at radius 2 is 2.43 bits per heavy atom. The van der Waals surface area contributed by atoms with Gasteiger partial charge in [-0.05, 0) is 25.8 Å². The predicted molar refractivity (Wildman–Crippen MR) is 55.1 cm³/mol. The lowest BCUT2D eigenvalue weighted by Gasteiger charge is -2.32. The molecule has 1 aliphatic rings. The third-order valence-electron chi connectivity index (χ3n) is 2.60. The Labute approximate surface area is 85.6 Å². The number of ether oxygens (including phenoxy) is 1. The molecule has 1 atom stereocenters. The van der Waals surface area contributed by atoms with Gasteiger partial charge in [-0.3, -0.25) is 4.79 Å². The van der Waals surface area contributed by atoms with E-state index < -0.39 is 0 Å². The SMILES string of the molecule is CNCC(=O)N1CCC[C@H](COC)C1. The Morgan fingerprint density at radius 3 is 3.07 bits per heavy atom. The summed E-state index contributed by atoms with van der Waals surface area (Å²) >= 11 is 0. The Balaban J connectivity index is 2.35. The first-order chi connectivity index (χ1) is 6.77. The molecule has 0 aromatic heterocycles. The minimum Gasteiger partial charge on any atom is -0.384 e. The third kappa shape index (κ3) is 3.27. The minimum absolute atomic E-state index is 0.202. The number of hydrogen-bond donors (Lipinski definition) is 1. The number of nitrogens with zero attached hydrogens (tertiary/aromatic N) is 1. The minimum atomic E-state index is 0.202. The summed E-state index contributed by atoms with van der Waals surface area (Å²) in [5.74, 6) is 0.725. The molecular weight excluding hydrogens is 180 g/mol. The molecule has 1 aliphatic heterocycles. The highest BCUT2D eigenvalue weighted by Gasteiger charge is 2.22. The van der Waals surface area contributed by atoms with E-state index in [0.29, 0.717) is 12.5 Å². The van der Waals surface area contributed by atoms with E-state index >= 15 is 0 Å². The molecule has 1 saturated heterocycles. The van der Waals surface area contributed by atoms with Gasteiger partial charge in [-0.15, -0.1) is 0 Å². The van der Waals surface area contributed by atoms with Crippen LogP contribution in [0.4, 0.5) is 0 Å². The Kier molecular flexibility index (Phi) is 4.90. The molecule has 1 rings (SSSR count). The number of methoxy groups -OCH3 is 1. The van der Waals surface area contributed by atoms with E-state index in [1.165, 1.54) is 6.42 Å². The molecule has 1 amide bonds. The van der Waals surface area contributed by atoms with Gasteiger partial charge in [-0.2, -0.15) is 0 Å². The van der Waals surface area contributed by atoms with Crippen molar-refractivity contribution in [3.63, 3.8) is 0 Å². The molecule has 14 heavy (non-hydrogen) atoms. The number of carbonyl (C=O) groups excluding carboxylic acids is 1. The van der Waals surface area contributed by atoms with Crippen molar-refractivity contribution in [2.75, 3.05) is 40.4 Å². The average molecular weight is 200 g/mol. The summed E-state index contributed by atoms with van der Waals surface area (Å²) in [7, 11) is 3.52. The summed E-state index contributed by atoms with van der Waals surface area (Å²) < 4.78 is 5.12. The van der Waals surface area contributed by atoms with Crippen LogP contribution in [0.3, 0.4) is 0 Å². The van der Waals surface area contributed by atoms with Crippen LogP contribution in [0.1, 0.15) is 12.8 Å². The van der Waals surface area contributed by atoms with E-state index in [9.17, 15) is 4.79 Å².